The van der Waals surface area contributed by atoms with Crippen LogP contribution in [0.25, 0.3) is 0 Å². The third kappa shape index (κ3) is 3.63. The number of hydrogen-bond donors (Lipinski definition) is 1. The van der Waals surface area contributed by atoms with Crippen molar-refractivity contribution in [2.45, 2.75) is 19.8 Å². The zero-order chi connectivity index (χ0) is 9.56. The zero-order valence-corrected chi connectivity index (χ0v) is 8.53. The Morgan fingerprint density at radius 2 is 1.92 bits per heavy atom. The van der Waals surface area contributed by atoms with Gasteiger partial charge >= 0.3 is 0 Å². The summed E-state index contributed by atoms with van der Waals surface area (Å²) in [5.74, 6) is 0. The molecule has 0 atom stereocenters. The molecule has 0 aromatic carbocycles. The molecule has 0 spiro atoms. The van der Waals surface area contributed by atoms with E-state index in [1.807, 2.05) is 0 Å². The second-order valence-electron chi connectivity index (χ2n) is 2.65. The molecular formula is C11H16S. The van der Waals surface area contributed by atoms with Crippen LogP contribution in [0.4, 0.5) is 0 Å². The molecule has 0 saturated heterocycles. The molecule has 0 radical (unpaired) electrons. The lowest BCUT2D eigenvalue weighted by Gasteiger charge is -2.10. The molecule has 0 aromatic rings. The quantitative estimate of drug-likeness (QED) is 0.459. The van der Waals surface area contributed by atoms with Gasteiger partial charge in [-0.3, -0.25) is 0 Å². The average molecular weight is 180 g/mol. The van der Waals surface area contributed by atoms with Gasteiger partial charge in [-0.25, -0.2) is 0 Å². The highest BCUT2D eigenvalue weighted by Gasteiger charge is 2.02. The summed E-state index contributed by atoms with van der Waals surface area (Å²) in [6.45, 7) is 11.9. The standard InChI is InChI=1S/C9H12S.C2H4/c1-7-3-5-9(6-4-7)8(2)10;1-2/h3,5,10H,2,4,6H2,1H3;1-2H2. The predicted octanol–water partition coefficient (Wildman–Crippen LogP) is 3.90. The fourth-order valence-electron chi connectivity index (χ4n) is 0.982. The maximum Gasteiger partial charge on any atom is 0.0000179 e. The van der Waals surface area contributed by atoms with Gasteiger partial charge in [0, 0.05) is 4.91 Å². The van der Waals surface area contributed by atoms with E-state index in [1.165, 1.54) is 11.1 Å². The van der Waals surface area contributed by atoms with E-state index in [4.69, 9.17) is 0 Å². The maximum atomic E-state index is 4.18. The number of hydrogen-bond acceptors (Lipinski definition) is 1. The van der Waals surface area contributed by atoms with Crippen LogP contribution in [-0.2, 0) is 0 Å². The zero-order valence-electron chi connectivity index (χ0n) is 7.64. The monoisotopic (exact) mass is 180 g/mol. The van der Waals surface area contributed by atoms with Gasteiger partial charge in [-0.05, 0) is 25.3 Å². The highest BCUT2D eigenvalue weighted by molar-refractivity contribution is 7.84. The molecule has 1 aliphatic rings. The Hall–Kier alpha value is -0.690. The summed E-state index contributed by atoms with van der Waals surface area (Å²) in [6.07, 6.45) is 6.50. The van der Waals surface area contributed by atoms with E-state index in [9.17, 15) is 0 Å². The Kier molecular flexibility index (Phi) is 5.56. The Bertz CT molecular complexity index is 221. The van der Waals surface area contributed by atoms with Crippen molar-refractivity contribution >= 4 is 12.6 Å². The maximum absolute atomic E-state index is 4.18. The van der Waals surface area contributed by atoms with Crippen molar-refractivity contribution in [2.24, 2.45) is 0 Å². The van der Waals surface area contributed by atoms with Gasteiger partial charge in [0.15, 0.2) is 0 Å². The van der Waals surface area contributed by atoms with Crippen LogP contribution in [-0.4, -0.2) is 0 Å². The van der Waals surface area contributed by atoms with Gasteiger partial charge in [0.25, 0.3) is 0 Å². The Labute approximate surface area is 80.8 Å². The lowest BCUT2D eigenvalue weighted by Crippen LogP contribution is -1.89. The number of thiol groups is 1. The molecule has 0 heterocycles. The van der Waals surface area contributed by atoms with Crippen molar-refractivity contribution in [3.05, 3.63) is 47.9 Å². The van der Waals surface area contributed by atoms with Crippen molar-refractivity contribution in [3.63, 3.8) is 0 Å². The molecule has 0 nitrogen and oxygen atoms in total. The third-order valence-electron chi connectivity index (χ3n) is 1.73. The first-order valence-corrected chi connectivity index (χ1v) is 4.39. The van der Waals surface area contributed by atoms with Crippen LogP contribution in [0.5, 0.6) is 0 Å². The molecule has 1 rings (SSSR count). The smallest absolute Gasteiger partial charge is 0.0000179 e. The second-order valence-corrected chi connectivity index (χ2v) is 3.19. The molecule has 0 saturated carbocycles. The average Bonchev–Trinajstić information content (AvgIpc) is 2.09. The fraction of sp³-hybridized carbons (Fsp3) is 0.273. The first-order chi connectivity index (χ1) is 5.70. The van der Waals surface area contributed by atoms with Crippen molar-refractivity contribution < 1.29 is 0 Å². The minimum atomic E-state index is 0.906. The lowest BCUT2D eigenvalue weighted by molar-refractivity contribution is 0.925. The molecule has 0 fully saturated rings. The van der Waals surface area contributed by atoms with Gasteiger partial charge in [0.2, 0.25) is 0 Å². The molecule has 12 heavy (non-hydrogen) atoms. The topological polar surface area (TPSA) is 0 Å². The van der Waals surface area contributed by atoms with Gasteiger partial charge in [0.1, 0.15) is 0 Å². The summed E-state index contributed by atoms with van der Waals surface area (Å²) in [5, 5.41) is 0. The second kappa shape index (κ2) is 5.90. The summed E-state index contributed by atoms with van der Waals surface area (Å²) >= 11 is 4.18. The van der Waals surface area contributed by atoms with E-state index in [-0.39, 0.29) is 0 Å². The van der Waals surface area contributed by atoms with Crippen LogP contribution in [0.2, 0.25) is 0 Å². The summed E-state index contributed by atoms with van der Waals surface area (Å²) in [6, 6.07) is 0. The van der Waals surface area contributed by atoms with Crippen LogP contribution >= 0.6 is 12.6 Å². The van der Waals surface area contributed by atoms with Crippen molar-refractivity contribution in [3.8, 4) is 0 Å². The largest absolute Gasteiger partial charge is 0.144 e. The van der Waals surface area contributed by atoms with Crippen LogP contribution in [0.3, 0.4) is 0 Å². The number of allylic oxidation sites excluding steroid dienone is 4. The van der Waals surface area contributed by atoms with E-state index in [0.29, 0.717) is 0 Å². The summed E-state index contributed by atoms with van der Waals surface area (Å²) < 4.78 is 0. The molecule has 1 aliphatic carbocycles. The number of rotatable bonds is 1. The highest BCUT2D eigenvalue weighted by Crippen LogP contribution is 2.24. The van der Waals surface area contributed by atoms with Crippen LogP contribution in [0, 0.1) is 0 Å². The van der Waals surface area contributed by atoms with Crippen LogP contribution in [0.1, 0.15) is 19.8 Å². The van der Waals surface area contributed by atoms with E-state index in [0.717, 1.165) is 17.7 Å². The molecule has 1 heteroatoms. The third-order valence-corrected chi connectivity index (χ3v) is 2.02. The Morgan fingerprint density at radius 1 is 1.33 bits per heavy atom. The summed E-state index contributed by atoms with van der Waals surface area (Å²) in [5.41, 5.74) is 2.72. The van der Waals surface area contributed by atoms with Gasteiger partial charge in [-0.2, -0.15) is 0 Å². The summed E-state index contributed by atoms with van der Waals surface area (Å²) in [4.78, 5) is 0.906. The SMILES string of the molecule is C=C.C=C(S)C1=CC=C(C)CC1. The summed E-state index contributed by atoms with van der Waals surface area (Å²) in [7, 11) is 0. The van der Waals surface area contributed by atoms with Gasteiger partial charge in [-0.1, -0.05) is 24.3 Å². The molecule has 0 amide bonds. The fourth-order valence-corrected chi connectivity index (χ4v) is 1.17. The van der Waals surface area contributed by atoms with Gasteiger partial charge < -0.3 is 0 Å². The first kappa shape index (κ1) is 11.3. The molecule has 0 bridgehead atoms. The minimum absolute atomic E-state index is 0.906. The molecule has 0 aromatic heterocycles. The highest BCUT2D eigenvalue weighted by atomic mass is 32.1. The van der Waals surface area contributed by atoms with Crippen molar-refractivity contribution in [1.82, 2.24) is 0 Å². The lowest BCUT2D eigenvalue weighted by atomic mass is 10.00. The molecule has 0 aliphatic heterocycles. The molecule has 0 unspecified atom stereocenters. The molecular weight excluding hydrogens is 164 g/mol. The Morgan fingerprint density at radius 3 is 2.25 bits per heavy atom. The first-order valence-electron chi connectivity index (χ1n) is 3.94. The van der Waals surface area contributed by atoms with Crippen LogP contribution < -0.4 is 0 Å². The molecule has 66 valence electrons. The van der Waals surface area contributed by atoms with E-state index < -0.39 is 0 Å². The normalized spacial score (nSPS) is 15.2. The minimum Gasteiger partial charge on any atom is -0.144 e. The van der Waals surface area contributed by atoms with Crippen molar-refractivity contribution in [1.29, 1.82) is 0 Å². The van der Waals surface area contributed by atoms with E-state index in [1.54, 1.807) is 0 Å². The van der Waals surface area contributed by atoms with E-state index >= 15 is 0 Å². The van der Waals surface area contributed by atoms with E-state index in [2.05, 4.69) is 51.4 Å². The van der Waals surface area contributed by atoms with Gasteiger partial charge in [0.05, 0.1) is 0 Å². The molecule has 0 N–H and O–H groups in total. The predicted molar refractivity (Wildman–Crippen MR) is 60.5 cm³/mol. The van der Waals surface area contributed by atoms with Gasteiger partial charge in [-0.15, -0.1) is 25.8 Å². The van der Waals surface area contributed by atoms with Crippen LogP contribution in [0.15, 0.2) is 47.9 Å². The Balaban J connectivity index is 0.000000561. The van der Waals surface area contributed by atoms with Crippen molar-refractivity contribution in [2.75, 3.05) is 0 Å².